The molecular formula is C25H23N5O3. The van der Waals surface area contributed by atoms with Crippen LogP contribution in [0.1, 0.15) is 12.5 Å². The van der Waals surface area contributed by atoms with E-state index < -0.39 is 0 Å². The summed E-state index contributed by atoms with van der Waals surface area (Å²) in [5.74, 6) is 0.791. The molecule has 0 aliphatic carbocycles. The van der Waals surface area contributed by atoms with Crippen molar-refractivity contribution in [3.8, 4) is 5.75 Å². The molecule has 8 heteroatoms. The van der Waals surface area contributed by atoms with E-state index in [-0.39, 0.29) is 18.0 Å². The van der Waals surface area contributed by atoms with Crippen molar-refractivity contribution >= 4 is 34.3 Å². The van der Waals surface area contributed by atoms with Crippen molar-refractivity contribution < 1.29 is 9.53 Å². The van der Waals surface area contributed by atoms with Gasteiger partial charge in [0.25, 0.3) is 5.56 Å². The van der Waals surface area contributed by atoms with Crippen LogP contribution in [0.15, 0.2) is 83.8 Å². The molecule has 33 heavy (non-hydrogen) atoms. The molecule has 8 nitrogen and oxygen atoms in total. The Morgan fingerprint density at radius 2 is 1.97 bits per heavy atom. The van der Waals surface area contributed by atoms with Gasteiger partial charge in [-0.2, -0.15) is 4.98 Å². The average Bonchev–Trinajstić information content (AvgIpc) is 2.82. The van der Waals surface area contributed by atoms with Gasteiger partial charge in [-0.05, 0) is 48.9 Å². The monoisotopic (exact) mass is 441 g/mol. The van der Waals surface area contributed by atoms with Gasteiger partial charge in [0.15, 0.2) is 0 Å². The number of carbonyl (C=O) groups is 1. The molecule has 0 unspecified atom stereocenters. The molecule has 0 spiro atoms. The number of aromatic nitrogens is 3. The maximum Gasteiger partial charge on any atom is 0.252 e. The fourth-order valence-corrected chi connectivity index (χ4v) is 3.42. The van der Waals surface area contributed by atoms with Crippen LogP contribution in [-0.4, -0.2) is 27.6 Å². The zero-order chi connectivity index (χ0) is 23.2. The molecule has 2 heterocycles. The molecule has 0 radical (unpaired) electrons. The molecule has 0 saturated carbocycles. The van der Waals surface area contributed by atoms with Crippen LogP contribution in [0, 0.1) is 0 Å². The lowest BCUT2D eigenvalue weighted by molar-refractivity contribution is -0.111. The second kappa shape index (κ2) is 9.78. The lowest BCUT2D eigenvalue weighted by Crippen LogP contribution is -2.21. The summed E-state index contributed by atoms with van der Waals surface area (Å²) in [4.78, 5) is 33.6. The molecule has 166 valence electrons. The summed E-state index contributed by atoms with van der Waals surface area (Å²) in [7, 11) is 1.59. The van der Waals surface area contributed by atoms with Crippen molar-refractivity contribution in [3.63, 3.8) is 0 Å². The molecule has 0 bridgehead atoms. The first kappa shape index (κ1) is 21.8. The Labute approximate surface area is 190 Å². The van der Waals surface area contributed by atoms with Gasteiger partial charge in [-0.15, -0.1) is 0 Å². The normalized spacial score (nSPS) is 11.0. The van der Waals surface area contributed by atoms with Crippen molar-refractivity contribution in [2.45, 2.75) is 13.5 Å². The molecular weight excluding hydrogens is 418 g/mol. The van der Waals surface area contributed by atoms with Gasteiger partial charge in [-0.3, -0.25) is 14.2 Å². The second-order valence-corrected chi connectivity index (χ2v) is 7.25. The fourth-order valence-electron chi connectivity index (χ4n) is 3.42. The average molecular weight is 441 g/mol. The first-order valence-electron chi connectivity index (χ1n) is 10.4. The standard InChI is InChI=1S/C25H23N5O3/c1-3-7-22(31)27-19-9-6-8-17(14-19)16-30-23(32)13-12-18-15-26-25(29-24(18)30)28-20-10-4-5-11-21(20)33-2/h3-15H,16H2,1-2H3,(H,27,31)(H,26,28,29)/b7-3+. The van der Waals surface area contributed by atoms with Crippen molar-refractivity contribution in [3.05, 3.63) is 94.9 Å². The number of allylic oxidation sites excluding steroid dienone is 1. The highest BCUT2D eigenvalue weighted by atomic mass is 16.5. The van der Waals surface area contributed by atoms with Gasteiger partial charge in [0.1, 0.15) is 11.4 Å². The lowest BCUT2D eigenvalue weighted by atomic mass is 10.2. The van der Waals surface area contributed by atoms with Gasteiger partial charge in [0.2, 0.25) is 11.9 Å². The molecule has 0 saturated heterocycles. The maximum absolute atomic E-state index is 12.7. The van der Waals surface area contributed by atoms with Crippen LogP contribution in [0.4, 0.5) is 17.3 Å². The number of hydrogen-bond acceptors (Lipinski definition) is 6. The lowest BCUT2D eigenvalue weighted by Gasteiger charge is -2.13. The molecule has 2 N–H and O–H groups in total. The fraction of sp³-hybridized carbons (Fsp3) is 0.120. The topological polar surface area (TPSA) is 98.1 Å². The predicted molar refractivity (Wildman–Crippen MR) is 129 cm³/mol. The summed E-state index contributed by atoms with van der Waals surface area (Å²) < 4.78 is 6.95. The number of benzene rings is 2. The number of anilines is 3. The zero-order valence-corrected chi connectivity index (χ0v) is 18.3. The molecule has 0 aliphatic rings. The number of fused-ring (bicyclic) bond motifs is 1. The van der Waals surface area contributed by atoms with Crippen LogP contribution in [0.25, 0.3) is 11.0 Å². The van der Waals surface area contributed by atoms with Crippen molar-refractivity contribution in [1.29, 1.82) is 0 Å². The molecule has 0 fully saturated rings. The number of methoxy groups -OCH3 is 1. The van der Waals surface area contributed by atoms with Crippen molar-refractivity contribution in [2.24, 2.45) is 0 Å². The second-order valence-electron chi connectivity index (χ2n) is 7.25. The van der Waals surface area contributed by atoms with Gasteiger partial charge in [-0.1, -0.05) is 30.3 Å². The number of rotatable bonds is 7. The van der Waals surface area contributed by atoms with Crippen molar-refractivity contribution in [2.75, 3.05) is 17.7 Å². The minimum Gasteiger partial charge on any atom is -0.495 e. The highest BCUT2D eigenvalue weighted by Gasteiger charge is 2.10. The molecule has 2 aromatic carbocycles. The van der Waals surface area contributed by atoms with E-state index in [4.69, 9.17) is 4.74 Å². The number of amides is 1. The number of hydrogen-bond donors (Lipinski definition) is 2. The Morgan fingerprint density at radius 3 is 2.79 bits per heavy atom. The summed E-state index contributed by atoms with van der Waals surface area (Å²) in [6.45, 7) is 2.07. The zero-order valence-electron chi connectivity index (χ0n) is 18.3. The Bertz CT molecular complexity index is 1390. The summed E-state index contributed by atoms with van der Waals surface area (Å²) in [5, 5.41) is 6.69. The molecule has 4 rings (SSSR count). The minimum absolute atomic E-state index is 0.187. The number of para-hydroxylation sites is 2. The van der Waals surface area contributed by atoms with Gasteiger partial charge < -0.3 is 15.4 Å². The minimum atomic E-state index is -0.211. The number of nitrogens with one attached hydrogen (secondary N) is 2. The Morgan fingerprint density at radius 1 is 1.12 bits per heavy atom. The number of nitrogens with zero attached hydrogens (tertiary/aromatic N) is 3. The third-order valence-corrected chi connectivity index (χ3v) is 4.93. The summed E-state index contributed by atoms with van der Waals surface area (Å²) in [6.07, 6.45) is 4.80. The quantitative estimate of drug-likeness (QED) is 0.419. The van der Waals surface area contributed by atoms with E-state index in [0.717, 1.165) is 10.9 Å². The summed E-state index contributed by atoms with van der Waals surface area (Å²) in [6, 6.07) is 18.0. The van der Waals surface area contributed by atoms with E-state index in [1.54, 1.807) is 43.0 Å². The van der Waals surface area contributed by atoms with E-state index in [9.17, 15) is 9.59 Å². The van der Waals surface area contributed by atoms with Crippen LogP contribution in [0.3, 0.4) is 0 Å². The van der Waals surface area contributed by atoms with Gasteiger partial charge >= 0.3 is 0 Å². The number of carbonyl (C=O) groups excluding carboxylic acids is 1. The smallest absolute Gasteiger partial charge is 0.252 e. The van der Waals surface area contributed by atoms with Crippen LogP contribution in [-0.2, 0) is 11.3 Å². The summed E-state index contributed by atoms with van der Waals surface area (Å²) in [5.41, 5.74) is 2.53. The maximum atomic E-state index is 12.7. The van der Waals surface area contributed by atoms with E-state index in [1.165, 1.54) is 12.1 Å². The van der Waals surface area contributed by atoms with Gasteiger partial charge in [0.05, 0.1) is 19.3 Å². The third-order valence-electron chi connectivity index (χ3n) is 4.93. The first-order chi connectivity index (χ1) is 16.1. The van der Waals surface area contributed by atoms with E-state index in [0.29, 0.717) is 28.7 Å². The predicted octanol–water partition coefficient (Wildman–Crippen LogP) is 4.11. The number of pyridine rings is 1. The SMILES string of the molecule is C/C=C/C(=O)Nc1cccc(Cn2c(=O)ccc3cnc(Nc4ccccc4OC)nc32)c1. The van der Waals surface area contributed by atoms with E-state index >= 15 is 0 Å². The Balaban J connectivity index is 1.68. The van der Waals surface area contributed by atoms with Crippen LogP contribution in [0.2, 0.25) is 0 Å². The number of ether oxygens (including phenoxy) is 1. The molecule has 2 aromatic heterocycles. The first-order valence-corrected chi connectivity index (χ1v) is 10.4. The van der Waals surface area contributed by atoms with Crippen LogP contribution >= 0.6 is 0 Å². The van der Waals surface area contributed by atoms with E-state index in [1.807, 2.05) is 42.5 Å². The van der Waals surface area contributed by atoms with Crippen LogP contribution in [0.5, 0.6) is 5.75 Å². The van der Waals surface area contributed by atoms with Crippen molar-refractivity contribution in [1.82, 2.24) is 14.5 Å². The molecule has 4 aromatic rings. The Kier molecular flexibility index (Phi) is 6.45. The highest BCUT2D eigenvalue weighted by molar-refractivity contribution is 5.99. The largest absolute Gasteiger partial charge is 0.495 e. The molecule has 0 atom stereocenters. The Hall–Kier alpha value is -4.46. The third kappa shape index (κ3) is 5.07. The molecule has 0 aliphatic heterocycles. The van der Waals surface area contributed by atoms with Crippen LogP contribution < -0.4 is 20.9 Å². The van der Waals surface area contributed by atoms with Gasteiger partial charge in [-0.25, -0.2) is 4.98 Å². The highest BCUT2D eigenvalue weighted by Crippen LogP contribution is 2.26. The van der Waals surface area contributed by atoms with E-state index in [2.05, 4.69) is 20.6 Å². The van der Waals surface area contributed by atoms with Gasteiger partial charge in [0, 0.05) is 23.3 Å². The molecule has 1 amide bonds. The summed E-state index contributed by atoms with van der Waals surface area (Å²) >= 11 is 0.